The highest BCUT2D eigenvalue weighted by Crippen LogP contribution is 2.23. The van der Waals surface area contributed by atoms with Crippen molar-refractivity contribution in [3.63, 3.8) is 0 Å². The molecule has 134 valence electrons. The molecule has 0 radical (unpaired) electrons. The number of nitrogens with zero attached hydrogens (tertiary/aromatic N) is 3. The summed E-state index contributed by atoms with van der Waals surface area (Å²) in [6.07, 6.45) is 6.56. The van der Waals surface area contributed by atoms with Gasteiger partial charge in [-0.25, -0.2) is 4.68 Å². The Labute approximate surface area is 150 Å². The maximum Gasteiger partial charge on any atom is 0.222 e. The molecule has 0 aliphatic carbocycles. The molecule has 5 nitrogen and oxygen atoms in total. The van der Waals surface area contributed by atoms with Gasteiger partial charge in [-0.1, -0.05) is 26.0 Å². The molecule has 2 aromatic rings. The second-order valence-electron chi connectivity index (χ2n) is 7.27. The standard InChI is InChI=1S/C20H28N4O/c1-16(2)14-20(25)23-12-8-17(9-13-23)15-21-18-6-3-4-7-19(18)24-11-5-10-22-24/h3-7,10-11,16-17,21H,8-9,12-15H2,1-2H3. The fourth-order valence-corrected chi connectivity index (χ4v) is 3.35. The summed E-state index contributed by atoms with van der Waals surface area (Å²) in [5, 5.41) is 7.91. The van der Waals surface area contributed by atoms with E-state index in [-0.39, 0.29) is 0 Å². The summed E-state index contributed by atoms with van der Waals surface area (Å²) in [4.78, 5) is 14.2. The maximum absolute atomic E-state index is 12.2. The third-order valence-corrected chi connectivity index (χ3v) is 4.79. The molecular formula is C20H28N4O. The van der Waals surface area contributed by atoms with E-state index in [1.54, 1.807) is 6.20 Å². The lowest BCUT2D eigenvalue weighted by molar-refractivity contribution is -0.133. The molecule has 3 rings (SSSR count). The number of carbonyl (C=O) groups excluding carboxylic acids is 1. The van der Waals surface area contributed by atoms with Crippen LogP contribution in [0, 0.1) is 11.8 Å². The van der Waals surface area contributed by atoms with E-state index >= 15 is 0 Å². The van der Waals surface area contributed by atoms with E-state index in [0.29, 0.717) is 24.2 Å². The highest BCUT2D eigenvalue weighted by Gasteiger charge is 2.23. The van der Waals surface area contributed by atoms with Gasteiger partial charge in [0.15, 0.2) is 0 Å². The summed E-state index contributed by atoms with van der Waals surface area (Å²) < 4.78 is 1.88. The van der Waals surface area contributed by atoms with Crippen molar-refractivity contribution in [2.24, 2.45) is 11.8 Å². The molecule has 25 heavy (non-hydrogen) atoms. The molecule has 0 spiro atoms. The van der Waals surface area contributed by atoms with Gasteiger partial charge in [0, 0.05) is 38.4 Å². The van der Waals surface area contributed by atoms with Gasteiger partial charge in [0.1, 0.15) is 0 Å². The quantitative estimate of drug-likeness (QED) is 0.874. The molecule has 2 heterocycles. The third-order valence-electron chi connectivity index (χ3n) is 4.79. The second kappa shape index (κ2) is 8.19. The lowest BCUT2D eigenvalue weighted by Gasteiger charge is -2.32. The van der Waals surface area contributed by atoms with Crippen molar-refractivity contribution < 1.29 is 4.79 Å². The van der Waals surface area contributed by atoms with Crippen LogP contribution < -0.4 is 5.32 Å². The van der Waals surface area contributed by atoms with Gasteiger partial charge in [-0.2, -0.15) is 5.10 Å². The first kappa shape index (κ1) is 17.5. The average molecular weight is 340 g/mol. The van der Waals surface area contributed by atoms with E-state index in [1.807, 2.05) is 34.0 Å². The number of hydrogen-bond donors (Lipinski definition) is 1. The molecule has 1 saturated heterocycles. The van der Waals surface area contributed by atoms with Crippen LogP contribution in [0.1, 0.15) is 33.1 Å². The van der Waals surface area contributed by atoms with Gasteiger partial charge in [-0.05, 0) is 42.9 Å². The monoisotopic (exact) mass is 340 g/mol. The molecule has 0 atom stereocenters. The summed E-state index contributed by atoms with van der Waals surface area (Å²) in [7, 11) is 0. The number of aromatic nitrogens is 2. The lowest BCUT2D eigenvalue weighted by Crippen LogP contribution is -2.40. The Morgan fingerprint density at radius 1 is 1.24 bits per heavy atom. The first-order chi connectivity index (χ1) is 12.1. The van der Waals surface area contributed by atoms with Crippen LogP contribution in [0.25, 0.3) is 5.69 Å². The summed E-state index contributed by atoms with van der Waals surface area (Å²) >= 11 is 0. The smallest absolute Gasteiger partial charge is 0.222 e. The molecule has 1 aromatic heterocycles. The molecule has 1 amide bonds. The molecule has 0 saturated carbocycles. The minimum Gasteiger partial charge on any atom is -0.383 e. The highest BCUT2D eigenvalue weighted by molar-refractivity contribution is 5.76. The SMILES string of the molecule is CC(C)CC(=O)N1CCC(CNc2ccccc2-n2cccn2)CC1. The number of anilines is 1. The van der Waals surface area contributed by atoms with E-state index in [2.05, 4.69) is 36.4 Å². The minimum absolute atomic E-state index is 0.311. The van der Waals surface area contributed by atoms with Crippen molar-refractivity contribution in [1.29, 1.82) is 0 Å². The van der Waals surface area contributed by atoms with E-state index in [0.717, 1.165) is 43.9 Å². The zero-order valence-electron chi connectivity index (χ0n) is 15.2. The number of piperidine rings is 1. The number of benzene rings is 1. The fraction of sp³-hybridized carbons (Fsp3) is 0.500. The second-order valence-corrected chi connectivity index (χ2v) is 7.27. The van der Waals surface area contributed by atoms with Gasteiger partial charge in [0.05, 0.1) is 11.4 Å². The zero-order valence-corrected chi connectivity index (χ0v) is 15.2. The van der Waals surface area contributed by atoms with Crippen LogP contribution in [0.5, 0.6) is 0 Å². The van der Waals surface area contributed by atoms with Crippen molar-refractivity contribution in [3.05, 3.63) is 42.7 Å². The number of likely N-dealkylation sites (tertiary alicyclic amines) is 1. The van der Waals surface area contributed by atoms with Crippen LogP contribution in [0.4, 0.5) is 5.69 Å². The summed E-state index contributed by atoms with van der Waals surface area (Å²) in [5.41, 5.74) is 2.17. The molecule has 1 N–H and O–H groups in total. The molecule has 1 aromatic carbocycles. The van der Waals surface area contributed by atoms with Crippen molar-refractivity contribution in [3.8, 4) is 5.69 Å². The van der Waals surface area contributed by atoms with Crippen LogP contribution in [-0.2, 0) is 4.79 Å². The Hall–Kier alpha value is -2.30. The number of carbonyl (C=O) groups is 1. The highest BCUT2D eigenvalue weighted by atomic mass is 16.2. The summed E-state index contributed by atoms with van der Waals surface area (Å²) in [5.74, 6) is 1.35. The molecule has 1 aliphatic rings. The Balaban J connectivity index is 1.52. The van der Waals surface area contributed by atoms with Crippen molar-refractivity contribution in [2.45, 2.75) is 33.1 Å². The van der Waals surface area contributed by atoms with Gasteiger partial charge >= 0.3 is 0 Å². The van der Waals surface area contributed by atoms with Crippen LogP contribution in [-0.4, -0.2) is 40.2 Å². The van der Waals surface area contributed by atoms with Gasteiger partial charge in [0.2, 0.25) is 5.91 Å². The Morgan fingerprint density at radius 2 is 2.00 bits per heavy atom. The van der Waals surface area contributed by atoms with Crippen molar-refractivity contribution in [1.82, 2.24) is 14.7 Å². The number of para-hydroxylation sites is 2. The van der Waals surface area contributed by atoms with Gasteiger partial charge in [-0.3, -0.25) is 4.79 Å². The zero-order chi connectivity index (χ0) is 17.6. The van der Waals surface area contributed by atoms with Crippen LogP contribution in [0.3, 0.4) is 0 Å². The van der Waals surface area contributed by atoms with E-state index in [9.17, 15) is 4.79 Å². The predicted molar refractivity (Wildman–Crippen MR) is 101 cm³/mol. The van der Waals surface area contributed by atoms with Crippen LogP contribution in [0.15, 0.2) is 42.7 Å². The molecule has 0 bridgehead atoms. The third kappa shape index (κ3) is 4.62. The van der Waals surface area contributed by atoms with Crippen LogP contribution >= 0.6 is 0 Å². The van der Waals surface area contributed by atoms with E-state index < -0.39 is 0 Å². The van der Waals surface area contributed by atoms with Gasteiger partial charge in [0.25, 0.3) is 0 Å². The minimum atomic E-state index is 0.311. The molecule has 0 unspecified atom stereocenters. The van der Waals surface area contributed by atoms with Crippen molar-refractivity contribution >= 4 is 11.6 Å². The van der Waals surface area contributed by atoms with Gasteiger partial charge in [-0.15, -0.1) is 0 Å². The molecule has 1 aliphatic heterocycles. The first-order valence-electron chi connectivity index (χ1n) is 9.24. The Kier molecular flexibility index (Phi) is 5.74. The summed E-state index contributed by atoms with van der Waals surface area (Å²) in [6, 6.07) is 10.2. The maximum atomic E-state index is 12.2. The van der Waals surface area contributed by atoms with Gasteiger partial charge < -0.3 is 10.2 Å². The Bertz CT molecular complexity index is 673. The summed E-state index contributed by atoms with van der Waals surface area (Å²) in [6.45, 7) is 6.92. The first-order valence-corrected chi connectivity index (χ1v) is 9.24. The van der Waals surface area contributed by atoms with E-state index in [4.69, 9.17) is 0 Å². The van der Waals surface area contributed by atoms with Crippen LogP contribution in [0.2, 0.25) is 0 Å². The lowest BCUT2D eigenvalue weighted by atomic mass is 9.96. The number of amides is 1. The molecular weight excluding hydrogens is 312 g/mol. The average Bonchev–Trinajstić information content (AvgIpc) is 3.14. The largest absolute Gasteiger partial charge is 0.383 e. The van der Waals surface area contributed by atoms with Crippen molar-refractivity contribution in [2.75, 3.05) is 25.0 Å². The fourth-order valence-electron chi connectivity index (χ4n) is 3.35. The predicted octanol–water partition coefficient (Wildman–Crippen LogP) is 3.57. The molecule has 1 fully saturated rings. The van der Waals surface area contributed by atoms with E-state index in [1.165, 1.54) is 0 Å². The number of hydrogen-bond acceptors (Lipinski definition) is 3. The normalized spacial score (nSPS) is 15.6. The number of rotatable bonds is 6. The molecule has 5 heteroatoms. The number of nitrogens with one attached hydrogen (secondary N) is 1. The Morgan fingerprint density at radius 3 is 2.68 bits per heavy atom. The topological polar surface area (TPSA) is 50.2 Å².